The normalized spacial score (nSPS) is 18.7. The fourth-order valence-electron chi connectivity index (χ4n) is 2.53. The van der Waals surface area contributed by atoms with Gasteiger partial charge in [-0.25, -0.2) is 4.98 Å². The predicted octanol–water partition coefficient (Wildman–Crippen LogP) is 2.17. The van der Waals surface area contributed by atoms with Crippen molar-refractivity contribution in [3.63, 3.8) is 0 Å². The highest BCUT2D eigenvalue weighted by Gasteiger charge is 2.27. The Morgan fingerprint density at radius 2 is 1.95 bits per heavy atom. The van der Waals surface area contributed by atoms with Crippen LogP contribution in [0.15, 0.2) is 30.3 Å². The van der Waals surface area contributed by atoms with Crippen molar-refractivity contribution in [1.29, 1.82) is 0 Å². The zero-order chi connectivity index (χ0) is 13.5. The van der Waals surface area contributed by atoms with Gasteiger partial charge in [0.1, 0.15) is 5.82 Å². The molecule has 1 fully saturated rings. The smallest absolute Gasteiger partial charge is 0.129 e. The third-order valence-electron chi connectivity index (χ3n) is 3.86. The summed E-state index contributed by atoms with van der Waals surface area (Å²) in [7, 11) is 0. The highest BCUT2D eigenvalue weighted by atomic mass is 16.3. The van der Waals surface area contributed by atoms with Crippen molar-refractivity contribution in [2.24, 2.45) is 0 Å². The lowest BCUT2D eigenvalue weighted by molar-refractivity contribution is 0.0350. The predicted molar refractivity (Wildman–Crippen MR) is 78.2 cm³/mol. The number of nitrogens with zero attached hydrogens (tertiary/aromatic N) is 2. The van der Waals surface area contributed by atoms with Crippen LogP contribution in [0.25, 0.3) is 10.9 Å². The number of aliphatic hydroxyl groups is 1. The summed E-state index contributed by atoms with van der Waals surface area (Å²) < 4.78 is 0. The number of aromatic nitrogens is 1. The number of pyridine rings is 1. The van der Waals surface area contributed by atoms with Crippen LogP contribution in [0.2, 0.25) is 0 Å². The molecule has 1 aromatic carbocycles. The topological polar surface area (TPSA) is 62.4 Å². The molecule has 4 nitrogen and oxygen atoms in total. The molecule has 3 rings (SSSR count). The molecule has 0 saturated carbocycles. The van der Waals surface area contributed by atoms with Crippen LogP contribution < -0.4 is 10.6 Å². The molecular weight excluding hydrogens is 238 g/mol. The highest BCUT2D eigenvalue weighted by Crippen LogP contribution is 2.26. The molecule has 2 aromatic rings. The number of nitrogen functional groups attached to an aromatic ring is 1. The van der Waals surface area contributed by atoms with E-state index in [2.05, 4.69) is 16.0 Å². The van der Waals surface area contributed by atoms with E-state index in [0.29, 0.717) is 0 Å². The van der Waals surface area contributed by atoms with Gasteiger partial charge in [-0.05, 0) is 50.1 Å². The second kappa shape index (κ2) is 4.38. The first-order valence-electron chi connectivity index (χ1n) is 6.67. The van der Waals surface area contributed by atoms with E-state index >= 15 is 0 Å². The molecule has 19 heavy (non-hydrogen) atoms. The molecule has 0 bridgehead atoms. The number of anilines is 2. The van der Waals surface area contributed by atoms with Gasteiger partial charge in [0.2, 0.25) is 0 Å². The van der Waals surface area contributed by atoms with Crippen LogP contribution in [0.1, 0.15) is 19.8 Å². The van der Waals surface area contributed by atoms with Crippen LogP contribution in [0.4, 0.5) is 11.5 Å². The van der Waals surface area contributed by atoms with E-state index in [-0.39, 0.29) is 0 Å². The van der Waals surface area contributed by atoms with Crippen molar-refractivity contribution in [2.45, 2.75) is 25.4 Å². The molecule has 4 heteroatoms. The Bertz CT molecular complexity index is 599. The van der Waals surface area contributed by atoms with Crippen molar-refractivity contribution in [3.8, 4) is 0 Å². The van der Waals surface area contributed by atoms with Gasteiger partial charge in [-0.15, -0.1) is 0 Å². The molecule has 0 unspecified atom stereocenters. The van der Waals surface area contributed by atoms with Gasteiger partial charge in [0.25, 0.3) is 0 Å². The van der Waals surface area contributed by atoms with Gasteiger partial charge in [0, 0.05) is 24.2 Å². The SMILES string of the molecule is CC1(O)CCN(c2ccc3cc(N)ccc3n2)CC1. The van der Waals surface area contributed by atoms with Crippen molar-refractivity contribution in [2.75, 3.05) is 23.7 Å². The molecular formula is C15H19N3O. The fraction of sp³-hybridized carbons (Fsp3) is 0.400. The first kappa shape index (κ1) is 12.2. The first-order valence-corrected chi connectivity index (χ1v) is 6.67. The van der Waals surface area contributed by atoms with Crippen molar-refractivity contribution >= 4 is 22.4 Å². The maximum Gasteiger partial charge on any atom is 0.129 e. The summed E-state index contributed by atoms with van der Waals surface area (Å²) >= 11 is 0. The lowest BCUT2D eigenvalue weighted by Crippen LogP contribution is -2.42. The molecule has 0 amide bonds. The largest absolute Gasteiger partial charge is 0.399 e. The van der Waals surface area contributed by atoms with Crippen LogP contribution >= 0.6 is 0 Å². The van der Waals surface area contributed by atoms with E-state index in [1.165, 1.54) is 0 Å². The lowest BCUT2D eigenvalue weighted by Gasteiger charge is -2.36. The summed E-state index contributed by atoms with van der Waals surface area (Å²) in [6.45, 7) is 3.60. The summed E-state index contributed by atoms with van der Waals surface area (Å²) in [5.74, 6) is 0.979. The molecule has 2 heterocycles. The monoisotopic (exact) mass is 257 g/mol. The molecule has 1 aliphatic heterocycles. The van der Waals surface area contributed by atoms with Gasteiger partial charge in [-0.3, -0.25) is 0 Å². The zero-order valence-corrected chi connectivity index (χ0v) is 11.1. The Kier molecular flexibility index (Phi) is 2.82. The average Bonchev–Trinajstić information content (AvgIpc) is 2.38. The molecule has 1 aliphatic rings. The fourth-order valence-corrected chi connectivity index (χ4v) is 2.53. The Labute approximate surface area is 112 Å². The number of piperidine rings is 1. The number of rotatable bonds is 1. The number of fused-ring (bicyclic) bond motifs is 1. The minimum absolute atomic E-state index is 0.526. The Balaban J connectivity index is 1.88. The van der Waals surface area contributed by atoms with Gasteiger partial charge in [0.05, 0.1) is 11.1 Å². The lowest BCUT2D eigenvalue weighted by atomic mass is 9.94. The third kappa shape index (κ3) is 2.49. The van der Waals surface area contributed by atoms with Crippen LogP contribution in [0, 0.1) is 0 Å². The minimum Gasteiger partial charge on any atom is -0.399 e. The maximum atomic E-state index is 9.98. The molecule has 0 radical (unpaired) electrons. The zero-order valence-electron chi connectivity index (χ0n) is 11.1. The summed E-state index contributed by atoms with van der Waals surface area (Å²) in [6.07, 6.45) is 1.57. The van der Waals surface area contributed by atoms with Crippen LogP contribution in [-0.4, -0.2) is 28.8 Å². The molecule has 1 aromatic heterocycles. The quantitative estimate of drug-likeness (QED) is 0.769. The molecule has 1 saturated heterocycles. The van der Waals surface area contributed by atoms with Crippen LogP contribution in [-0.2, 0) is 0 Å². The Morgan fingerprint density at radius 1 is 1.21 bits per heavy atom. The van der Waals surface area contributed by atoms with Crippen LogP contribution in [0.3, 0.4) is 0 Å². The molecule has 0 spiro atoms. The van der Waals surface area contributed by atoms with E-state index in [1.807, 2.05) is 31.2 Å². The van der Waals surface area contributed by atoms with Gasteiger partial charge in [0.15, 0.2) is 0 Å². The van der Waals surface area contributed by atoms with E-state index in [4.69, 9.17) is 5.73 Å². The van der Waals surface area contributed by atoms with E-state index < -0.39 is 5.60 Å². The second-order valence-corrected chi connectivity index (χ2v) is 5.61. The molecule has 0 atom stereocenters. The van der Waals surface area contributed by atoms with E-state index in [1.54, 1.807) is 0 Å². The molecule has 100 valence electrons. The second-order valence-electron chi connectivity index (χ2n) is 5.61. The van der Waals surface area contributed by atoms with Gasteiger partial charge >= 0.3 is 0 Å². The summed E-state index contributed by atoms with van der Waals surface area (Å²) in [5.41, 5.74) is 6.96. The van der Waals surface area contributed by atoms with E-state index in [0.717, 1.165) is 48.3 Å². The average molecular weight is 257 g/mol. The summed E-state index contributed by atoms with van der Waals surface area (Å²) in [6, 6.07) is 9.85. The van der Waals surface area contributed by atoms with Gasteiger partial charge < -0.3 is 15.7 Å². The van der Waals surface area contributed by atoms with Gasteiger partial charge in [-0.2, -0.15) is 0 Å². The minimum atomic E-state index is -0.526. The maximum absolute atomic E-state index is 9.98. The third-order valence-corrected chi connectivity index (χ3v) is 3.86. The summed E-state index contributed by atoms with van der Waals surface area (Å²) in [4.78, 5) is 6.91. The number of nitrogens with two attached hydrogens (primary N) is 1. The van der Waals surface area contributed by atoms with Gasteiger partial charge in [-0.1, -0.05) is 0 Å². The summed E-state index contributed by atoms with van der Waals surface area (Å²) in [5, 5.41) is 11.0. The van der Waals surface area contributed by atoms with Crippen molar-refractivity contribution < 1.29 is 5.11 Å². The molecule has 3 N–H and O–H groups in total. The van der Waals surface area contributed by atoms with Crippen LogP contribution in [0.5, 0.6) is 0 Å². The Morgan fingerprint density at radius 3 is 2.68 bits per heavy atom. The first-order chi connectivity index (χ1) is 9.03. The highest BCUT2D eigenvalue weighted by molar-refractivity contribution is 5.83. The van der Waals surface area contributed by atoms with Crippen molar-refractivity contribution in [1.82, 2.24) is 4.98 Å². The number of hydrogen-bond donors (Lipinski definition) is 2. The number of hydrogen-bond acceptors (Lipinski definition) is 4. The van der Waals surface area contributed by atoms with Crippen molar-refractivity contribution in [3.05, 3.63) is 30.3 Å². The van der Waals surface area contributed by atoms with E-state index in [9.17, 15) is 5.11 Å². The number of benzene rings is 1. The molecule has 0 aliphatic carbocycles. The Hall–Kier alpha value is -1.81. The standard InChI is InChI=1S/C15H19N3O/c1-15(19)6-8-18(9-7-15)14-5-2-11-10-12(16)3-4-13(11)17-14/h2-5,10,19H,6-9,16H2,1H3.